The van der Waals surface area contributed by atoms with Gasteiger partial charge in [0.2, 0.25) is 11.7 Å². The second kappa shape index (κ2) is 7.39. The fourth-order valence-electron chi connectivity index (χ4n) is 3.77. The van der Waals surface area contributed by atoms with Crippen LogP contribution in [0.5, 0.6) is 0 Å². The van der Waals surface area contributed by atoms with Crippen molar-refractivity contribution in [1.29, 1.82) is 0 Å². The van der Waals surface area contributed by atoms with Gasteiger partial charge in [0, 0.05) is 34.3 Å². The highest BCUT2D eigenvalue weighted by Crippen LogP contribution is 2.44. The predicted molar refractivity (Wildman–Crippen MR) is 120 cm³/mol. The zero-order chi connectivity index (χ0) is 20.8. The number of nitrogens with zero attached hydrogens (tertiary/aromatic N) is 5. The van der Waals surface area contributed by atoms with E-state index in [4.69, 9.17) is 4.52 Å². The molecule has 1 aliphatic carbocycles. The van der Waals surface area contributed by atoms with Crippen LogP contribution in [0.1, 0.15) is 36.9 Å². The Labute approximate surface area is 182 Å². The van der Waals surface area contributed by atoms with E-state index in [1.165, 1.54) is 0 Å². The molecule has 1 fully saturated rings. The summed E-state index contributed by atoms with van der Waals surface area (Å²) in [5.74, 6) is 2.10. The van der Waals surface area contributed by atoms with Crippen molar-refractivity contribution >= 4 is 22.7 Å². The number of fused-ring (bicyclic) bond motifs is 1. The molecule has 3 aromatic heterocycles. The first-order chi connectivity index (χ1) is 15.3. The van der Waals surface area contributed by atoms with E-state index in [2.05, 4.69) is 55.0 Å². The summed E-state index contributed by atoms with van der Waals surface area (Å²) in [7, 11) is 0. The van der Waals surface area contributed by atoms with Crippen LogP contribution in [0.4, 0.5) is 0 Å². The summed E-state index contributed by atoms with van der Waals surface area (Å²) < 4.78 is 7.83. The summed E-state index contributed by atoms with van der Waals surface area (Å²) in [6, 6.07) is 18.6. The summed E-state index contributed by atoms with van der Waals surface area (Å²) in [5.41, 5.74) is 3.13. The average Bonchev–Trinajstić information content (AvgIpc) is 3.21. The van der Waals surface area contributed by atoms with Crippen molar-refractivity contribution in [3.05, 3.63) is 66.7 Å². The van der Waals surface area contributed by atoms with Crippen molar-refractivity contribution < 1.29 is 4.52 Å². The normalized spacial score (nSPS) is 14.9. The van der Waals surface area contributed by atoms with Gasteiger partial charge in [-0.05, 0) is 25.8 Å². The Morgan fingerprint density at radius 1 is 1.06 bits per heavy atom. The highest BCUT2D eigenvalue weighted by Gasteiger charge is 2.32. The highest BCUT2D eigenvalue weighted by molar-refractivity contribution is 7.99. The molecule has 0 aliphatic heterocycles. The lowest BCUT2D eigenvalue weighted by atomic mass is 10.1. The summed E-state index contributed by atoms with van der Waals surface area (Å²) in [6.07, 6.45) is 4.32. The lowest BCUT2D eigenvalue weighted by Crippen LogP contribution is -2.01. The molecule has 6 rings (SSSR count). The maximum atomic E-state index is 5.56. The maximum Gasteiger partial charge on any atom is 0.240 e. The number of thioether (sulfide) groups is 1. The second-order valence-corrected chi connectivity index (χ2v) is 9.05. The minimum absolute atomic E-state index is 0.0394. The van der Waals surface area contributed by atoms with Crippen LogP contribution in [0, 0.1) is 0 Å². The van der Waals surface area contributed by atoms with Crippen LogP contribution in [0.3, 0.4) is 0 Å². The van der Waals surface area contributed by atoms with Gasteiger partial charge in [0.15, 0.2) is 11.0 Å². The Morgan fingerprint density at radius 2 is 1.87 bits per heavy atom. The lowest BCUT2D eigenvalue weighted by molar-refractivity contribution is 0.380. The van der Waals surface area contributed by atoms with Crippen LogP contribution in [0.2, 0.25) is 0 Å². The highest BCUT2D eigenvalue weighted by atomic mass is 32.2. The first-order valence-corrected chi connectivity index (χ1v) is 11.2. The maximum absolute atomic E-state index is 5.56. The molecule has 31 heavy (non-hydrogen) atoms. The van der Waals surface area contributed by atoms with Crippen molar-refractivity contribution in [1.82, 2.24) is 29.9 Å². The van der Waals surface area contributed by atoms with Crippen LogP contribution in [-0.2, 0) is 0 Å². The van der Waals surface area contributed by atoms with E-state index < -0.39 is 0 Å². The number of rotatable bonds is 6. The number of hydrogen-bond donors (Lipinski definition) is 1. The molecule has 0 radical (unpaired) electrons. The second-order valence-electron chi connectivity index (χ2n) is 7.74. The van der Waals surface area contributed by atoms with Gasteiger partial charge in [-0.25, -0.2) is 0 Å². The van der Waals surface area contributed by atoms with Crippen LogP contribution < -0.4 is 0 Å². The van der Waals surface area contributed by atoms with E-state index in [1.807, 2.05) is 42.6 Å². The standard InChI is InChI=1S/C23H20N6OS/c1-14(22-25-20(28-30-22)15-7-3-2-4-8-15)31-23-27-26-21(29(23)16-11-12-16)18-13-24-19-10-6-5-9-17(18)19/h2-10,13-14,16,24H,11-12H2,1H3. The quantitative estimate of drug-likeness (QED) is 0.351. The predicted octanol–water partition coefficient (Wildman–Crippen LogP) is 5.66. The molecule has 8 heteroatoms. The lowest BCUT2D eigenvalue weighted by Gasteiger charge is -2.10. The van der Waals surface area contributed by atoms with Crippen molar-refractivity contribution in [3.8, 4) is 22.8 Å². The first kappa shape index (κ1) is 18.4. The number of benzene rings is 2. The third kappa shape index (κ3) is 3.33. The minimum Gasteiger partial charge on any atom is -0.360 e. The van der Waals surface area contributed by atoms with Crippen LogP contribution in [-0.4, -0.2) is 29.9 Å². The SMILES string of the molecule is CC(Sc1nnc(-c2c[nH]c3ccccc23)n1C1CC1)c1nc(-c2ccccc2)no1. The molecule has 1 N–H and O–H groups in total. The van der Waals surface area contributed by atoms with Gasteiger partial charge < -0.3 is 9.51 Å². The van der Waals surface area contributed by atoms with E-state index in [-0.39, 0.29) is 5.25 Å². The molecular weight excluding hydrogens is 408 g/mol. The molecule has 1 atom stereocenters. The van der Waals surface area contributed by atoms with Gasteiger partial charge in [-0.3, -0.25) is 4.57 Å². The van der Waals surface area contributed by atoms with E-state index in [9.17, 15) is 0 Å². The average molecular weight is 429 g/mol. The smallest absolute Gasteiger partial charge is 0.240 e. The summed E-state index contributed by atoms with van der Waals surface area (Å²) in [6.45, 7) is 2.06. The topological polar surface area (TPSA) is 85.4 Å². The molecule has 1 unspecified atom stereocenters. The zero-order valence-electron chi connectivity index (χ0n) is 16.9. The van der Waals surface area contributed by atoms with Crippen molar-refractivity contribution in [3.63, 3.8) is 0 Å². The summed E-state index contributed by atoms with van der Waals surface area (Å²) in [5, 5.41) is 15.3. The number of aromatic amines is 1. The third-order valence-corrected chi connectivity index (χ3v) is 6.55. The Kier molecular flexibility index (Phi) is 4.38. The fraction of sp³-hybridized carbons (Fsp3) is 0.217. The van der Waals surface area contributed by atoms with Gasteiger partial charge in [-0.1, -0.05) is 65.4 Å². The molecule has 0 saturated heterocycles. The van der Waals surface area contributed by atoms with Crippen molar-refractivity contribution in [2.75, 3.05) is 0 Å². The van der Waals surface area contributed by atoms with Gasteiger partial charge in [0.1, 0.15) is 0 Å². The van der Waals surface area contributed by atoms with E-state index >= 15 is 0 Å². The number of hydrogen-bond acceptors (Lipinski definition) is 6. The molecule has 154 valence electrons. The minimum atomic E-state index is -0.0394. The molecule has 3 heterocycles. The van der Waals surface area contributed by atoms with Crippen LogP contribution in [0.15, 0.2) is 70.5 Å². The molecule has 0 spiro atoms. The van der Waals surface area contributed by atoms with Gasteiger partial charge in [0.25, 0.3) is 0 Å². The van der Waals surface area contributed by atoms with Gasteiger partial charge >= 0.3 is 0 Å². The van der Waals surface area contributed by atoms with Crippen LogP contribution in [0.25, 0.3) is 33.7 Å². The van der Waals surface area contributed by atoms with Crippen LogP contribution >= 0.6 is 11.8 Å². The number of aromatic nitrogens is 6. The molecule has 1 saturated carbocycles. The van der Waals surface area contributed by atoms with Gasteiger partial charge in [0.05, 0.1) is 5.25 Å². The number of H-pyrrole nitrogens is 1. The summed E-state index contributed by atoms with van der Waals surface area (Å²) >= 11 is 1.61. The summed E-state index contributed by atoms with van der Waals surface area (Å²) in [4.78, 5) is 7.95. The molecule has 2 aromatic carbocycles. The molecule has 0 bridgehead atoms. The van der Waals surface area contributed by atoms with Gasteiger partial charge in [-0.15, -0.1) is 10.2 Å². The largest absolute Gasteiger partial charge is 0.360 e. The molecule has 1 aliphatic rings. The molecular formula is C23H20N6OS. The monoisotopic (exact) mass is 428 g/mol. The van der Waals surface area contributed by atoms with Crippen molar-refractivity contribution in [2.24, 2.45) is 0 Å². The van der Waals surface area contributed by atoms with E-state index in [0.29, 0.717) is 17.8 Å². The molecule has 0 amide bonds. The molecule has 7 nitrogen and oxygen atoms in total. The fourth-order valence-corrected chi connectivity index (χ4v) is 4.72. The number of nitrogens with one attached hydrogen (secondary N) is 1. The Bertz CT molecular complexity index is 1350. The van der Waals surface area contributed by atoms with Gasteiger partial charge in [-0.2, -0.15) is 4.98 Å². The molecule has 5 aromatic rings. The van der Waals surface area contributed by atoms with Crippen molar-refractivity contribution in [2.45, 2.75) is 36.2 Å². The Morgan fingerprint density at radius 3 is 2.71 bits per heavy atom. The number of para-hydroxylation sites is 1. The first-order valence-electron chi connectivity index (χ1n) is 10.3. The zero-order valence-corrected chi connectivity index (χ0v) is 17.7. The Balaban J connectivity index is 1.31. The Hall–Kier alpha value is -3.39. The van der Waals surface area contributed by atoms with E-state index in [1.54, 1.807) is 11.8 Å². The third-order valence-electron chi connectivity index (χ3n) is 5.51. The van der Waals surface area contributed by atoms with E-state index in [0.717, 1.165) is 45.9 Å².